The molecule has 2 saturated carbocycles. The molecule has 0 aromatic rings. The smallest absolute Gasteiger partial charge is 0.139 e. The number of hydrogen-bond acceptors (Lipinski definition) is 2. The van der Waals surface area contributed by atoms with Gasteiger partial charge in [0.15, 0.2) is 0 Å². The number of hydrogen-bond donors (Lipinski definition) is 1. The van der Waals surface area contributed by atoms with Crippen molar-refractivity contribution in [2.45, 2.75) is 64.3 Å². The van der Waals surface area contributed by atoms with Crippen LogP contribution >= 0.6 is 0 Å². The van der Waals surface area contributed by atoms with Crippen molar-refractivity contribution in [1.29, 1.82) is 0 Å². The third-order valence-corrected chi connectivity index (χ3v) is 4.46. The summed E-state index contributed by atoms with van der Waals surface area (Å²) in [6, 6.07) is 0.281. The van der Waals surface area contributed by atoms with E-state index in [-0.39, 0.29) is 6.04 Å². The van der Waals surface area contributed by atoms with Crippen molar-refractivity contribution in [3.8, 4) is 0 Å². The highest BCUT2D eigenvalue weighted by molar-refractivity contribution is 5.83. The van der Waals surface area contributed by atoms with Gasteiger partial charge >= 0.3 is 0 Å². The first-order valence-corrected chi connectivity index (χ1v) is 6.96. The topological polar surface area (TPSA) is 43.1 Å². The Morgan fingerprint density at radius 3 is 2.25 bits per heavy atom. The fourth-order valence-electron chi connectivity index (χ4n) is 3.51. The fraction of sp³-hybridized carbons (Fsp3) is 0.929. The lowest BCUT2D eigenvalue weighted by atomic mass is 9.73. The maximum Gasteiger partial charge on any atom is 0.139 e. The summed E-state index contributed by atoms with van der Waals surface area (Å²) in [4.78, 5) is 12.4. The maximum absolute atomic E-state index is 12.4. The van der Waals surface area contributed by atoms with Crippen molar-refractivity contribution < 1.29 is 4.79 Å². The third kappa shape index (κ3) is 2.85. The minimum Gasteiger partial charge on any atom is -0.328 e. The Bertz CT molecular complexity index is 227. The third-order valence-electron chi connectivity index (χ3n) is 4.46. The van der Waals surface area contributed by atoms with Crippen molar-refractivity contribution >= 4 is 5.78 Å². The first-order chi connectivity index (χ1) is 7.66. The summed E-state index contributed by atoms with van der Waals surface area (Å²) in [6.45, 7) is 2.28. The molecule has 0 aliphatic heterocycles. The van der Waals surface area contributed by atoms with Gasteiger partial charge in [0, 0.05) is 17.9 Å². The van der Waals surface area contributed by atoms with Crippen molar-refractivity contribution in [2.75, 3.05) is 0 Å². The van der Waals surface area contributed by atoms with Gasteiger partial charge in [-0.2, -0.15) is 0 Å². The minimum absolute atomic E-state index is 0.281. The lowest BCUT2D eigenvalue weighted by molar-refractivity contribution is -0.129. The normalized spacial score (nSPS) is 40.6. The summed E-state index contributed by atoms with van der Waals surface area (Å²) in [6.07, 6.45) is 9.13. The monoisotopic (exact) mass is 223 g/mol. The van der Waals surface area contributed by atoms with E-state index in [0.717, 1.165) is 44.4 Å². The van der Waals surface area contributed by atoms with Crippen LogP contribution in [0.4, 0.5) is 0 Å². The molecule has 2 fully saturated rings. The first-order valence-electron chi connectivity index (χ1n) is 6.96. The number of carbonyl (C=O) groups excluding carboxylic acids is 1. The lowest BCUT2D eigenvalue weighted by Gasteiger charge is -2.32. The van der Waals surface area contributed by atoms with E-state index in [1.54, 1.807) is 0 Å². The predicted molar refractivity (Wildman–Crippen MR) is 66.1 cm³/mol. The van der Waals surface area contributed by atoms with E-state index in [4.69, 9.17) is 5.73 Å². The van der Waals surface area contributed by atoms with Crippen LogP contribution in [0.3, 0.4) is 0 Å². The standard InChI is InChI=1S/C14H25NO/c1-10-4-2-5-11(8-10)14(16)12-6-3-7-13(15)9-12/h10-13H,2-9,15H2,1H3. The summed E-state index contributed by atoms with van der Waals surface area (Å²) in [5, 5.41) is 0. The minimum atomic E-state index is 0.281. The van der Waals surface area contributed by atoms with Crippen molar-refractivity contribution in [2.24, 2.45) is 23.5 Å². The van der Waals surface area contributed by atoms with Crippen LogP contribution in [0.15, 0.2) is 0 Å². The Hall–Kier alpha value is -0.370. The molecule has 4 unspecified atom stereocenters. The molecule has 92 valence electrons. The Kier molecular flexibility index (Phi) is 4.01. The molecule has 0 spiro atoms. The van der Waals surface area contributed by atoms with Gasteiger partial charge in [-0.15, -0.1) is 0 Å². The van der Waals surface area contributed by atoms with Crippen LogP contribution in [0.5, 0.6) is 0 Å². The second-order valence-electron chi connectivity index (χ2n) is 5.99. The van der Waals surface area contributed by atoms with Crippen molar-refractivity contribution in [3.63, 3.8) is 0 Å². The fourth-order valence-corrected chi connectivity index (χ4v) is 3.51. The van der Waals surface area contributed by atoms with Gasteiger partial charge in [0.1, 0.15) is 5.78 Å². The van der Waals surface area contributed by atoms with Gasteiger partial charge in [-0.1, -0.05) is 26.2 Å². The SMILES string of the molecule is CC1CCCC(C(=O)C2CCCC(N)C2)C1. The van der Waals surface area contributed by atoms with E-state index >= 15 is 0 Å². The van der Waals surface area contributed by atoms with Crippen molar-refractivity contribution in [3.05, 3.63) is 0 Å². The predicted octanol–water partition coefficient (Wildman–Crippen LogP) is 2.90. The number of nitrogens with two attached hydrogens (primary N) is 1. The average molecular weight is 223 g/mol. The molecule has 0 amide bonds. The van der Waals surface area contributed by atoms with Crippen LogP contribution in [0, 0.1) is 17.8 Å². The summed E-state index contributed by atoms with van der Waals surface area (Å²) < 4.78 is 0. The number of Topliss-reactive ketones (excluding diaryl/α,β-unsaturated/α-hetero) is 1. The van der Waals surface area contributed by atoms with Crippen LogP contribution in [-0.2, 0) is 4.79 Å². The van der Waals surface area contributed by atoms with E-state index in [1.165, 1.54) is 12.8 Å². The van der Waals surface area contributed by atoms with Crippen molar-refractivity contribution in [1.82, 2.24) is 0 Å². The van der Waals surface area contributed by atoms with E-state index in [9.17, 15) is 4.79 Å². The Labute approximate surface area is 99.0 Å². The molecule has 2 N–H and O–H groups in total. The second-order valence-corrected chi connectivity index (χ2v) is 5.99. The molecule has 2 nitrogen and oxygen atoms in total. The molecule has 0 saturated heterocycles. The van der Waals surface area contributed by atoms with E-state index in [2.05, 4.69) is 6.92 Å². The Morgan fingerprint density at radius 1 is 1.00 bits per heavy atom. The molecule has 0 heterocycles. The molecule has 0 radical (unpaired) electrons. The van der Waals surface area contributed by atoms with Gasteiger partial charge < -0.3 is 5.73 Å². The van der Waals surface area contributed by atoms with E-state index < -0.39 is 0 Å². The zero-order valence-corrected chi connectivity index (χ0v) is 10.5. The number of carbonyl (C=O) groups is 1. The molecule has 2 aliphatic rings. The highest BCUT2D eigenvalue weighted by Crippen LogP contribution is 2.34. The van der Waals surface area contributed by atoms with Gasteiger partial charge in [0.25, 0.3) is 0 Å². The lowest BCUT2D eigenvalue weighted by Crippen LogP contribution is -2.35. The number of ketones is 1. The summed E-state index contributed by atoms with van der Waals surface area (Å²) in [5.41, 5.74) is 5.97. The summed E-state index contributed by atoms with van der Waals surface area (Å²) in [7, 11) is 0. The van der Waals surface area contributed by atoms with E-state index in [0.29, 0.717) is 17.6 Å². The molecular formula is C14H25NO. The van der Waals surface area contributed by atoms with Gasteiger partial charge in [-0.05, 0) is 38.0 Å². The molecule has 2 aliphatic carbocycles. The Balaban J connectivity index is 1.90. The zero-order valence-electron chi connectivity index (χ0n) is 10.5. The van der Waals surface area contributed by atoms with Crippen LogP contribution in [0.2, 0.25) is 0 Å². The molecule has 0 bridgehead atoms. The van der Waals surface area contributed by atoms with E-state index in [1.807, 2.05) is 0 Å². The maximum atomic E-state index is 12.4. The van der Waals surface area contributed by atoms with Gasteiger partial charge in [0.2, 0.25) is 0 Å². The molecule has 0 aromatic carbocycles. The average Bonchev–Trinajstić information content (AvgIpc) is 2.28. The van der Waals surface area contributed by atoms with Crippen LogP contribution in [-0.4, -0.2) is 11.8 Å². The van der Waals surface area contributed by atoms with Gasteiger partial charge in [-0.25, -0.2) is 0 Å². The van der Waals surface area contributed by atoms with Crippen LogP contribution in [0.1, 0.15) is 58.3 Å². The highest BCUT2D eigenvalue weighted by Gasteiger charge is 2.32. The summed E-state index contributed by atoms with van der Waals surface area (Å²) in [5.74, 6) is 1.94. The highest BCUT2D eigenvalue weighted by atomic mass is 16.1. The molecule has 2 heteroatoms. The van der Waals surface area contributed by atoms with Gasteiger partial charge in [0.05, 0.1) is 0 Å². The molecule has 16 heavy (non-hydrogen) atoms. The molecule has 4 atom stereocenters. The molecule has 0 aromatic heterocycles. The van der Waals surface area contributed by atoms with Crippen LogP contribution in [0.25, 0.3) is 0 Å². The number of rotatable bonds is 2. The molecular weight excluding hydrogens is 198 g/mol. The largest absolute Gasteiger partial charge is 0.328 e. The second kappa shape index (κ2) is 5.31. The first kappa shape index (κ1) is 12.1. The summed E-state index contributed by atoms with van der Waals surface area (Å²) >= 11 is 0. The Morgan fingerprint density at radius 2 is 1.62 bits per heavy atom. The van der Waals surface area contributed by atoms with Crippen LogP contribution < -0.4 is 5.73 Å². The van der Waals surface area contributed by atoms with Gasteiger partial charge in [-0.3, -0.25) is 4.79 Å². The zero-order chi connectivity index (χ0) is 11.5. The quantitative estimate of drug-likeness (QED) is 0.782. The molecule has 2 rings (SSSR count).